The molecule has 0 aliphatic heterocycles. The molecule has 1 amide bonds. The van der Waals surface area contributed by atoms with Crippen LogP contribution in [0.5, 0.6) is 5.75 Å². The van der Waals surface area contributed by atoms with Crippen molar-refractivity contribution in [2.75, 3.05) is 25.6 Å². The van der Waals surface area contributed by atoms with E-state index in [1.165, 1.54) is 6.33 Å². The fourth-order valence-electron chi connectivity index (χ4n) is 3.76. The molecule has 4 heterocycles. The smallest absolute Gasteiger partial charge is 0.230 e. The molecule has 5 rings (SSSR count). The summed E-state index contributed by atoms with van der Waals surface area (Å²) in [5, 5.41) is 11.9. The van der Waals surface area contributed by atoms with Crippen molar-refractivity contribution in [2.24, 2.45) is 0 Å². The lowest BCUT2D eigenvalue weighted by Gasteiger charge is -2.08. The number of benzene rings is 1. The van der Waals surface area contributed by atoms with Gasteiger partial charge < -0.3 is 14.8 Å². The third-order valence-corrected chi connectivity index (χ3v) is 5.46. The molecule has 0 aliphatic rings. The first kappa shape index (κ1) is 23.2. The number of nitrogens with zero attached hydrogens (tertiary/aromatic N) is 6. The van der Waals surface area contributed by atoms with E-state index >= 15 is 0 Å². The summed E-state index contributed by atoms with van der Waals surface area (Å²) in [4.78, 5) is 21.6. The van der Waals surface area contributed by atoms with Gasteiger partial charge in [-0.05, 0) is 61.5 Å². The van der Waals surface area contributed by atoms with Crippen LogP contribution in [0.4, 0.5) is 5.69 Å². The Morgan fingerprint density at radius 1 is 1.06 bits per heavy atom. The molecule has 0 bridgehead atoms. The molecule has 1 N–H and O–H groups in total. The molecule has 0 atom stereocenters. The van der Waals surface area contributed by atoms with Crippen molar-refractivity contribution in [3.63, 3.8) is 0 Å². The molecule has 5 aromatic rings. The highest BCUT2D eigenvalue weighted by Gasteiger charge is 2.16. The van der Waals surface area contributed by atoms with E-state index < -0.39 is 0 Å². The van der Waals surface area contributed by atoms with Crippen molar-refractivity contribution in [1.82, 2.24) is 29.4 Å². The van der Waals surface area contributed by atoms with Gasteiger partial charge in [0.1, 0.15) is 18.7 Å². The maximum Gasteiger partial charge on any atom is 0.230 e. The van der Waals surface area contributed by atoms with Crippen LogP contribution in [0.25, 0.3) is 22.7 Å². The summed E-state index contributed by atoms with van der Waals surface area (Å²) in [5.41, 5.74) is 4.58. The Morgan fingerprint density at radius 3 is 2.72 bits per heavy atom. The summed E-state index contributed by atoms with van der Waals surface area (Å²) >= 11 is 0. The Morgan fingerprint density at radius 2 is 1.92 bits per heavy atom. The van der Waals surface area contributed by atoms with E-state index in [1.54, 1.807) is 28.4 Å². The molecule has 4 aromatic heterocycles. The van der Waals surface area contributed by atoms with Gasteiger partial charge in [0, 0.05) is 30.3 Å². The third kappa shape index (κ3) is 5.23. The Kier molecular flexibility index (Phi) is 6.67. The maximum atomic E-state index is 12.8. The van der Waals surface area contributed by atoms with Gasteiger partial charge in [0.15, 0.2) is 11.5 Å². The second kappa shape index (κ2) is 10.4. The minimum atomic E-state index is -0.178. The van der Waals surface area contributed by atoms with Crippen molar-refractivity contribution in [3.05, 3.63) is 84.6 Å². The normalized spacial score (nSPS) is 11.1. The predicted molar refractivity (Wildman–Crippen MR) is 134 cm³/mol. The lowest BCUT2D eigenvalue weighted by molar-refractivity contribution is -0.115. The monoisotopic (exact) mass is 483 g/mol. The van der Waals surface area contributed by atoms with Crippen LogP contribution in [0.2, 0.25) is 0 Å². The second-order valence-electron chi connectivity index (χ2n) is 8.14. The van der Waals surface area contributed by atoms with Crippen LogP contribution in [0.1, 0.15) is 11.4 Å². The number of amides is 1. The Labute approximate surface area is 207 Å². The van der Waals surface area contributed by atoms with E-state index in [1.807, 2.05) is 61.7 Å². The number of ether oxygens (including phenoxy) is 2. The van der Waals surface area contributed by atoms with Gasteiger partial charge in [-0.25, -0.2) is 19.2 Å². The van der Waals surface area contributed by atoms with Crippen molar-refractivity contribution in [3.8, 4) is 22.8 Å². The van der Waals surface area contributed by atoms with Crippen molar-refractivity contribution in [1.29, 1.82) is 0 Å². The standard InChI is InChI=1S/C26H25N7O3/c1-18-4-3-5-25(29-18)33-23(19-6-11-24-27-17-28-32(24)16-19)14-21(31-33)15-26(34)30-20-7-9-22(10-8-20)36-13-12-35-2/h3-11,14,16-17H,12-13,15H2,1-2H3,(H,30,34). The number of pyridine rings is 2. The minimum Gasteiger partial charge on any atom is -0.491 e. The summed E-state index contributed by atoms with van der Waals surface area (Å²) < 4.78 is 14.0. The highest BCUT2D eigenvalue weighted by molar-refractivity contribution is 5.92. The van der Waals surface area contributed by atoms with Gasteiger partial charge in [0.2, 0.25) is 5.91 Å². The number of methoxy groups -OCH3 is 1. The third-order valence-electron chi connectivity index (χ3n) is 5.46. The van der Waals surface area contributed by atoms with E-state index in [-0.39, 0.29) is 12.3 Å². The van der Waals surface area contributed by atoms with Gasteiger partial charge in [-0.2, -0.15) is 10.2 Å². The number of anilines is 1. The highest BCUT2D eigenvalue weighted by Crippen LogP contribution is 2.24. The molecule has 0 fully saturated rings. The van der Waals surface area contributed by atoms with Gasteiger partial charge in [0.05, 0.1) is 24.4 Å². The zero-order valence-corrected chi connectivity index (χ0v) is 20.0. The number of carbonyl (C=O) groups excluding carboxylic acids is 1. The zero-order chi connectivity index (χ0) is 24.9. The number of hydrogen-bond acceptors (Lipinski definition) is 7. The fraction of sp³-hybridized carbons (Fsp3) is 0.192. The number of nitrogens with one attached hydrogen (secondary N) is 1. The maximum absolute atomic E-state index is 12.8. The summed E-state index contributed by atoms with van der Waals surface area (Å²) in [6.45, 7) is 2.90. The number of carbonyl (C=O) groups is 1. The molecule has 0 radical (unpaired) electrons. The highest BCUT2D eigenvalue weighted by atomic mass is 16.5. The van der Waals surface area contributed by atoms with E-state index in [2.05, 4.69) is 20.4 Å². The SMILES string of the molecule is COCCOc1ccc(NC(=O)Cc2cc(-c3ccc4ncnn4c3)n(-c3cccc(C)n3)n2)cc1. The Hall–Kier alpha value is -4.57. The number of aryl methyl sites for hydroxylation is 1. The lowest BCUT2D eigenvalue weighted by Crippen LogP contribution is -2.15. The van der Waals surface area contributed by atoms with E-state index in [4.69, 9.17) is 14.6 Å². The number of aromatic nitrogens is 6. The van der Waals surface area contributed by atoms with Gasteiger partial charge in [-0.15, -0.1) is 0 Å². The number of hydrogen-bond donors (Lipinski definition) is 1. The zero-order valence-electron chi connectivity index (χ0n) is 20.0. The van der Waals surface area contributed by atoms with Crippen LogP contribution in [-0.2, 0) is 16.0 Å². The molecule has 10 nitrogen and oxygen atoms in total. The van der Waals surface area contributed by atoms with Crippen molar-refractivity contribution in [2.45, 2.75) is 13.3 Å². The van der Waals surface area contributed by atoms with Crippen LogP contribution in [0.15, 0.2) is 73.2 Å². The molecule has 182 valence electrons. The quantitative estimate of drug-likeness (QED) is 0.320. The van der Waals surface area contributed by atoms with Gasteiger partial charge in [-0.1, -0.05) is 6.07 Å². The number of fused-ring (bicyclic) bond motifs is 1. The van der Waals surface area contributed by atoms with E-state index in [9.17, 15) is 4.79 Å². The van der Waals surface area contributed by atoms with E-state index in [0.717, 1.165) is 22.6 Å². The topological polar surface area (TPSA) is 108 Å². The first-order chi connectivity index (χ1) is 17.6. The van der Waals surface area contributed by atoms with Crippen LogP contribution in [0.3, 0.4) is 0 Å². The Bertz CT molecular complexity index is 1490. The van der Waals surface area contributed by atoms with Gasteiger partial charge in [0.25, 0.3) is 0 Å². The largest absolute Gasteiger partial charge is 0.491 e. The summed E-state index contributed by atoms with van der Waals surface area (Å²) in [7, 11) is 1.63. The molecule has 10 heteroatoms. The molecule has 0 saturated heterocycles. The average molecular weight is 484 g/mol. The second-order valence-corrected chi connectivity index (χ2v) is 8.14. The first-order valence-electron chi connectivity index (χ1n) is 11.4. The fourth-order valence-corrected chi connectivity index (χ4v) is 3.76. The number of rotatable bonds is 9. The summed E-state index contributed by atoms with van der Waals surface area (Å²) in [5.74, 6) is 1.20. The van der Waals surface area contributed by atoms with Crippen LogP contribution in [-0.4, -0.2) is 55.6 Å². The van der Waals surface area contributed by atoms with Crippen LogP contribution in [0, 0.1) is 6.92 Å². The molecular formula is C26H25N7O3. The Balaban J connectivity index is 1.37. The van der Waals surface area contributed by atoms with Crippen molar-refractivity contribution < 1.29 is 14.3 Å². The van der Waals surface area contributed by atoms with Gasteiger partial charge in [-0.3, -0.25) is 4.79 Å². The summed E-state index contributed by atoms with van der Waals surface area (Å²) in [6.07, 6.45) is 3.49. The molecule has 0 unspecified atom stereocenters. The average Bonchev–Trinajstić information content (AvgIpc) is 3.52. The van der Waals surface area contributed by atoms with Crippen LogP contribution < -0.4 is 10.1 Å². The molecule has 0 spiro atoms. The van der Waals surface area contributed by atoms with Crippen molar-refractivity contribution >= 4 is 17.2 Å². The lowest BCUT2D eigenvalue weighted by atomic mass is 10.1. The van der Waals surface area contributed by atoms with E-state index in [0.29, 0.717) is 36.2 Å². The molecule has 0 saturated carbocycles. The summed E-state index contributed by atoms with van der Waals surface area (Å²) in [6, 6.07) is 18.7. The predicted octanol–water partition coefficient (Wildman–Crippen LogP) is 3.49. The van der Waals surface area contributed by atoms with Crippen LogP contribution >= 0.6 is 0 Å². The molecular weight excluding hydrogens is 458 g/mol. The molecule has 1 aromatic carbocycles. The molecule has 0 aliphatic carbocycles. The minimum absolute atomic E-state index is 0.101. The van der Waals surface area contributed by atoms with Gasteiger partial charge >= 0.3 is 0 Å². The molecule has 36 heavy (non-hydrogen) atoms. The first-order valence-corrected chi connectivity index (χ1v) is 11.4.